The lowest BCUT2D eigenvalue weighted by atomic mass is 10.0. The second-order valence-corrected chi connectivity index (χ2v) is 10.7. The zero-order chi connectivity index (χ0) is 25.8. The van der Waals surface area contributed by atoms with E-state index in [-0.39, 0.29) is 11.9 Å². The number of fused-ring (bicyclic) bond motifs is 1. The molecule has 3 amide bonds. The number of nitrogens with zero attached hydrogens (tertiary/aromatic N) is 2. The molecule has 0 unspecified atom stereocenters. The number of piperidine rings is 1. The van der Waals surface area contributed by atoms with Crippen molar-refractivity contribution in [1.29, 1.82) is 0 Å². The number of rotatable bonds is 0. The van der Waals surface area contributed by atoms with Gasteiger partial charge in [0.2, 0.25) is 0 Å². The van der Waals surface area contributed by atoms with Crippen molar-refractivity contribution in [2.24, 2.45) is 0 Å². The van der Waals surface area contributed by atoms with E-state index < -0.39 is 23.2 Å². The first-order chi connectivity index (χ1) is 15.7. The molecule has 2 heterocycles. The van der Waals surface area contributed by atoms with E-state index in [4.69, 9.17) is 14.2 Å². The summed E-state index contributed by atoms with van der Waals surface area (Å²) in [5.41, 5.74) is -0.288. The van der Waals surface area contributed by atoms with E-state index in [0.29, 0.717) is 41.8 Å². The fourth-order valence-electron chi connectivity index (χ4n) is 3.34. The third-order valence-corrected chi connectivity index (χ3v) is 5.18. The summed E-state index contributed by atoms with van der Waals surface area (Å²) in [5, 5.41) is 0. The number of anilines is 1. The molecule has 0 radical (unpaired) electrons. The van der Waals surface area contributed by atoms with Gasteiger partial charge in [-0.2, -0.15) is 0 Å². The number of imide groups is 1. The Labute approximate surface area is 210 Å². The lowest BCUT2D eigenvalue weighted by Crippen LogP contribution is -2.46. The first-order valence-electron chi connectivity index (χ1n) is 11.5. The highest BCUT2D eigenvalue weighted by molar-refractivity contribution is 9.10. The third-order valence-electron chi connectivity index (χ3n) is 4.69. The van der Waals surface area contributed by atoms with Crippen LogP contribution in [0.1, 0.15) is 68.2 Å². The van der Waals surface area contributed by atoms with E-state index in [1.807, 2.05) is 34.6 Å². The van der Waals surface area contributed by atoms with Crippen LogP contribution in [0.4, 0.5) is 15.3 Å². The fourth-order valence-corrected chi connectivity index (χ4v) is 3.69. The molecule has 0 atom stereocenters. The number of likely N-dealkylation sites (tertiary alicyclic amines) is 1. The Morgan fingerprint density at radius 3 is 2.00 bits per heavy atom. The van der Waals surface area contributed by atoms with Gasteiger partial charge in [-0.1, -0.05) is 29.8 Å². The summed E-state index contributed by atoms with van der Waals surface area (Å²) in [4.78, 5) is 41.2. The SMILES string of the molecule is CC.CC(C)(C)OC(=O)N1CCC(=C2Oc3ccc(Br)cc3N(C(=O)OC(C)(C)C)C2=O)CC1. The van der Waals surface area contributed by atoms with E-state index >= 15 is 0 Å². The van der Waals surface area contributed by atoms with Gasteiger partial charge in [-0.3, -0.25) is 4.79 Å². The number of ether oxygens (including phenoxy) is 3. The third kappa shape index (κ3) is 6.98. The minimum atomic E-state index is -0.770. The van der Waals surface area contributed by atoms with Gasteiger partial charge >= 0.3 is 18.1 Å². The lowest BCUT2D eigenvalue weighted by Gasteiger charge is -2.34. The predicted octanol–water partition coefficient (Wildman–Crippen LogP) is 6.42. The minimum absolute atomic E-state index is 0.106. The summed E-state index contributed by atoms with van der Waals surface area (Å²) in [7, 11) is 0. The van der Waals surface area contributed by atoms with Crippen LogP contribution in [0.3, 0.4) is 0 Å². The molecule has 34 heavy (non-hydrogen) atoms. The minimum Gasteiger partial charge on any atom is -0.449 e. The largest absolute Gasteiger partial charge is 0.449 e. The van der Waals surface area contributed by atoms with Crippen LogP contribution < -0.4 is 9.64 Å². The maximum Gasteiger partial charge on any atom is 0.422 e. The van der Waals surface area contributed by atoms with Crippen LogP contribution >= 0.6 is 15.9 Å². The lowest BCUT2D eigenvalue weighted by molar-refractivity contribution is -0.117. The maximum absolute atomic E-state index is 13.4. The molecule has 188 valence electrons. The topological polar surface area (TPSA) is 85.4 Å². The average molecular weight is 539 g/mol. The number of hydrogen-bond acceptors (Lipinski definition) is 6. The Kier molecular flexibility index (Phi) is 8.80. The first-order valence-corrected chi connectivity index (χ1v) is 12.3. The standard InChI is InChI=1S/C23H29BrN2O6.C2H6/c1-22(2,3)31-20(28)25-11-9-14(10-12-25)18-19(27)26(21(29)32-23(4,5)6)16-13-15(24)7-8-17(16)30-18;1-2/h7-8,13H,9-12H2,1-6H3;1-2H3. The Morgan fingerprint density at radius 2 is 1.47 bits per heavy atom. The Morgan fingerprint density at radius 1 is 0.941 bits per heavy atom. The Hall–Kier alpha value is -2.55. The number of amides is 3. The van der Waals surface area contributed by atoms with Crippen molar-refractivity contribution in [1.82, 2.24) is 4.90 Å². The van der Waals surface area contributed by atoms with Crippen LogP contribution in [-0.2, 0) is 14.3 Å². The van der Waals surface area contributed by atoms with Crippen LogP contribution in [0.15, 0.2) is 34.0 Å². The van der Waals surface area contributed by atoms with Gasteiger partial charge in [0, 0.05) is 17.6 Å². The quantitative estimate of drug-likeness (QED) is 0.354. The van der Waals surface area contributed by atoms with Crippen LogP contribution in [0.5, 0.6) is 5.75 Å². The van der Waals surface area contributed by atoms with Gasteiger partial charge in [-0.15, -0.1) is 0 Å². The molecule has 0 aromatic heterocycles. The van der Waals surface area contributed by atoms with Crippen molar-refractivity contribution in [3.05, 3.63) is 34.0 Å². The average Bonchev–Trinajstić information content (AvgIpc) is 2.72. The van der Waals surface area contributed by atoms with E-state index in [2.05, 4.69) is 15.9 Å². The van der Waals surface area contributed by atoms with Crippen LogP contribution in [-0.4, -0.2) is 47.3 Å². The number of hydrogen-bond donors (Lipinski definition) is 0. The molecule has 9 heteroatoms. The summed E-state index contributed by atoms with van der Waals surface area (Å²) < 4.78 is 17.6. The molecular weight excluding hydrogens is 504 g/mol. The zero-order valence-electron chi connectivity index (χ0n) is 21.3. The predicted molar refractivity (Wildman–Crippen MR) is 134 cm³/mol. The monoisotopic (exact) mass is 538 g/mol. The van der Waals surface area contributed by atoms with Gasteiger partial charge in [-0.05, 0) is 78.2 Å². The molecule has 2 aliphatic rings. The van der Waals surface area contributed by atoms with Crippen molar-refractivity contribution in [3.8, 4) is 5.75 Å². The van der Waals surface area contributed by atoms with E-state index in [1.165, 1.54) is 0 Å². The zero-order valence-corrected chi connectivity index (χ0v) is 22.9. The molecule has 2 aliphatic heterocycles. The van der Waals surface area contributed by atoms with E-state index in [1.54, 1.807) is 43.9 Å². The van der Waals surface area contributed by atoms with Gasteiger partial charge in [0.05, 0.1) is 5.69 Å². The van der Waals surface area contributed by atoms with Crippen molar-refractivity contribution >= 4 is 39.7 Å². The van der Waals surface area contributed by atoms with Crippen molar-refractivity contribution < 1.29 is 28.6 Å². The molecule has 8 nitrogen and oxygen atoms in total. The smallest absolute Gasteiger partial charge is 0.422 e. The summed E-state index contributed by atoms with van der Waals surface area (Å²) >= 11 is 3.37. The molecule has 1 aromatic carbocycles. The molecule has 0 bridgehead atoms. The Bertz CT molecular complexity index is 965. The summed E-state index contributed by atoms with van der Waals surface area (Å²) in [6.45, 7) is 15.5. The van der Waals surface area contributed by atoms with Gasteiger partial charge < -0.3 is 19.1 Å². The molecule has 0 saturated carbocycles. The summed E-state index contributed by atoms with van der Waals surface area (Å²) in [5.74, 6) is -0.0872. The van der Waals surface area contributed by atoms with Gasteiger partial charge in [0.1, 0.15) is 11.2 Å². The van der Waals surface area contributed by atoms with Crippen LogP contribution in [0.25, 0.3) is 0 Å². The fraction of sp³-hybridized carbons (Fsp3) is 0.560. The maximum atomic E-state index is 13.4. The van der Waals surface area contributed by atoms with Crippen molar-refractivity contribution in [3.63, 3.8) is 0 Å². The van der Waals surface area contributed by atoms with E-state index in [0.717, 1.165) is 10.5 Å². The number of carbonyl (C=O) groups excluding carboxylic acids is 3. The highest BCUT2D eigenvalue weighted by Crippen LogP contribution is 2.40. The number of halogens is 1. The second-order valence-electron chi connectivity index (χ2n) is 9.74. The molecular formula is C25H35BrN2O6. The van der Waals surface area contributed by atoms with Gasteiger partial charge in [-0.25, -0.2) is 14.5 Å². The molecule has 0 aliphatic carbocycles. The van der Waals surface area contributed by atoms with E-state index in [9.17, 15) is 14.4 Å². The molecule has 1 aromatic rings. The van der Waals surface area contributed by atoms with Gasteiger partial charge in [0.15, 0.2) is 11.5 Å². The highest BCUT2D eigenvalue weighted by Gasteiger charge is 2.40. The Balaban J connectivity index is 0.00000199. The summed E-state index contributed by atoms with van der Waals surface area (Å²) in [6.07, 6.45) is -0.277. The molecule has 1 fully saturated rings. The first kappa shape index (κ1) is 27.7. The van der Waals surface area contributed by atoms with Crippen molar-refractivity contribution in [2.45, 2.75) is 79.4 Å². The summed E-state index contributed by atoms with van der Waals surface area (Å²) in [6, 6.07) is 5.11. The molecule has 3 rings (SSSR count). The number of carbonyl (C=O) groups is 3. The molecule has 1 saturated heterocycles. The highest BCUT2D eigenvalue weighted by atomic mass is 79.9. The van der Waals surface area contributed by atoms with Gasteiger partial charge in [0.25, 0.3) is 0 Å². The number of benzene rings is 1. The normalized spacial score (nSPS) is 16.2. The van der Waals surface area contributed by atoms with Crippen molar-refractivity contribution in [2.75, 3.05) is 18.0 Å². The molecule has 0 N–H and O–H groups in total. The molecule has 0 spiro atoms. The second kappa shape index (κ2) is 10.8. The van der Waals surface area contributed by atoms with Crippen LogP contribution in [0.2, 0.25) is 0 Å². The van der Waals surface area contributed by atoms with Crippen LogP contribution in [0, 0.1) is 0 Å².